The lowest BCUT2D eigenvalue weighted by atomic mass is 9.88. The average molecular weight is 510 g/mol. The number of likely N-dealkylation sites (N-methyl/N-ethyl adjacent to an activating group) is 1. The first-order valence-corrected chi connectivity index (χ1v) is 12.2. The number of hydrogen-bond donors (Lipinski definition) is 1. The van der Waals surface area contributed by atoms with Crippen LogP contribution in [0.2, 0.25) is 0 Å². The number of nitrogens with zero attached hydrogens (tertiary/aromatic N) is 3. The third kappa shape index (κ3) is 5.31. The zero-order valence-electron chi connectivity index (χ0n) is 18.2. The molecule has 34 heavy (non-hydrogen) atoms. The Balaban J connectivity index is 0.000000344. The minimum Gasteiger partial charge on any atom is -0.475 e. The molecule has 2 aliphatic heterocycles. The number of amides is 1. The first-order chi connectivity index (χ1) is 16.1. The molecule has 2 aromatic heterocycles. The van der Waals surface area contributed by atoms with Gasteiger partial charge in [0.15, 0.2) is 5.01 Å². The van der Waals surface area contributed by atoms with Crippen LogP contribution in [0.3, 0.4) is 0 Å². The summed E-state index contributed by atoms with van der Waals surface area (Å²) in [6.07, 6.45) is -4.14. The van der Waals surface area contributed by atoms with Gasteiger partial charge in [0.1, 0.15) is 0 Å². The van der Waals surface area contributed by atoms with Crippen molar-refractivity contribution in [2.45, 2.75) is 31.6 Å². The Morgan fingerprint density at radius 2 is 1.88 bits per heavy atom. The van der Waals surface area contributed by atoms with Crippen LogP contribution in [-0.2, 0) is 24.3 Å². The zero-order valence-corrected chi connectivity index (χ0v) is 19.8. The van der Waals surface area contributed by atoms with E-state index in [0.717, 1.165) is 31.7 Å². The van der Waals surface area contributed by atoms with Crippen LogP contribution < -0.4 is 0 Å². The molecular formula is C23H22F3N3O3S2. The van der Waals surface area contributed by atoms with Crippen LogP contribution in [0.5, 0.6) is 0 Å². The van der Waals surface area contributed by atoms with Gasteiger partial charge in [0.25, 0.3) is 5.91 Å². The molecule has 1 amide bonds. The Bertz CT molecular complexity index is 1180. The molecule has 5 rings (SSSR count). The summed E-state index contributed by atoms with van der Waals surface area (Å²) in [6, 6.07) is 12.8. The van der Waals surface area contributed by atoms with Gasteiger partial charge in [0, 0.05) is 48.3 Å². The van der Waals surface area contributed by atoms with Crippen LogP contribution in [0, 0.1) is 0 Å². The fourth-order valence-electron chi connectivity index (χ4n) is 4.04. The molecule has 1 N–H and O–H groups in total. The number of alkyl halides is 3. The molecule has 1 atom stereocenters. The van der Waals surface area contributed by atoms with E-state index in [2.05, 4.69) is 53.7 Å². The maximum absolute atomic E-state index is 13.3. The number of aromatic nitrogens is 1. The summed E-state index contributed by atoms with van der Waals surface area (Å²) >= 11 is 3.35. The van der Waals surface area contributed by atoms with Crippen molar-refractivity contribution >= 4 is 34.6 Å². The van der Waals surface area contributed by atoms with E-state index in [1.165, 1.54) is 20.9 Å². The number of carbonyl (C=O) groups is 2. The summed E-state index contributed by atoms with van der Waals surface area (Å²) in [7, 11) is 2.12. The summed E-state index contributed by atoms with van der Waals surface area (Å²) in [5, 5.41) is 9.89. The van der Waals surface area contributed by atoms with E-state index in [0.29, 0.717) is 11.6 Å². The van der Waals surface area contributed by atoms with E-state index < -0.39 is 12.1 Å². The number of carboxylic acids is 1. The van der Waals surface area contributed by atoms with Crippen LogP contribution >= 0.6 is 22.7 Å². The third-order valence-corrected chi connectivity index (χ3v) is 7.77. The van der Waals surface area contributed by atoms with Crippen molar-refractivity contribution in [3.63, 3.8) is 0 Å². The van der Waals surface area contributed by atoms with Crippen molar-refractivity contribution in [2.24, 2.45) is 0 Å². The number of carboxylic acid groups (broad SMARTS) is 1. The molecule has 1 aromatic carbocycles. The van der Waals surface area contributed by atoms with Crippen LogP contribution in [0.15, 0.2) is 41.8 Å². The molecule has 0 spiro atoms. The average Bonchev–Trinajstić information content (AvgIpc) is 3.47. The van der Waals surface area contributed by atoms with Gasteiger partial charge in [-0.1, -0.05) is 30.3 Å². The van der Waals surface area contributed by atoms with Gasteiger partial charge in [-0.15, -0.1) is 22.7 Å². The van der Waals surface area contributed by atoms with E-state index in [1.54, 1.807) is 22.7 Å². The van der Waals surface area contributed by atoms with E-state index in [1.807, 2.05) is 4.90 Å². The third-order valence-electron chi connectivity index (χ3n) is 5.72. The molecule has 180 valence electrons. The lowest BCUT2D eigenvalue weighted by Gasteiger charge is -2.34. The Morgan fingerprint density at radius 3 is 2.56 bits per heavy atom. The summed E-state index contributed by atoms with van der Waals surface area (Å²) in [6.45, 7) is 3.31. The standard InChI is InChI=1S/C21H21N3OS2.C2HF3O2/c1-23-9-8-17-19(13-23)27-20(22-17)21(25)24-11-14-5-2-3-6-15(14)16(12-24)18-7-4-10-26-18;3-2(4,5)1(6)7/h2-7,10,16H,8-9,11-13H2,1H3;(H,6,7). The summed E-state index contributed by atoms with van der Waals surface area (Å²) < 4.78 is 31.7. The molecule has 0 bridgehead atoms. The second kappa shape index (κ2) is 9.85. The first-order valence-electron chi connectivity index (χ1n) is 10.5. The summed E-state index contributed by atoms with van der Waals surface area (Å²) in [5.41, 5.74) is 3.72. The highest BCUT2D eigenvalue weighted by Gasteiger charge is 2.38. The Morgan fingerprint density at radius 1 is 1.15 bits per heavy atom. The monoisotopic (exact) mass is 509 g/mol. The van der Waals surface area contributed by atoms with Crippen LogP contribution in [0.25, 0.3) is 0 Å². The Hall–Kier alpha value is -2.76. The molecule has 0 aliphatic carbocycles. The van der Waals surface area contributed by atoms with Crippen molar-refractivity contribution in [1.29, 1.82) is 0 Å². The van der Waals surface area contributed by atoms with Gasteiger partial charge >= 0.3 is 12.1 Å². The van der Waals surface area contributed by atoms with Crippen LogP contribution in [0.4, 0.5) is 13.2 Å². The fraction of sp³-hybridized carbons (Fsp3) is 0.348. The van der Waals surface area contributed by atoms with Gasteiger partial charge in [0.2, 0.25) is 0 Å². The normalized spacial score (nSPS) is 17.9. The second-order valence-corrected chi connectivity index (χ2v) is 10.2. The van der Waals surface area contributed by atoms with Gasteiger partial charge in [-0.25, -0.2) is 9.78 Å². The molecule has 4 heterocycles. The molecule has 0 radical (unpaired) electrons. The number of halogens is 3. The topological polar surface area (TPSA) is 73.7 Å². The number of benzene rings is 1. The smallest absolute Gasteiger partial charge is 0.475 e. The number of aliphatic carboxylic acids is 1. The minimum absolute atomic E-state index is 0.0770. The first kappa shape index (κ1) is 24.4. The largest absolute Gasteiger partial charge is 0.490 e. The maximum atomic E-state index is 13.3. The minimum atomic E-state index is -5.08. The van der Waals surface area contributed by atoms with Crippen molar-refractivity contribution in [1.82, 2.24) is 14.8 Å². The van der Waals surface area contributed by atoms with Gasteiger partial charge in [-0.05, 0) is 29.6 Å². The predicted molar refractivity (Wildman–Crippen MR) is 123 cm³/mol. The highest BCUT2D eigenvalue weighted by molar-refractivity contribution is 7.13. The number of thiophene rings is 1. The van der Waals surface area contributed by atoms with Gasteiger partial charge in [-0.2, -0.15) is 13.2 Å². The number of rotatable bonds is 2. The molecule has 0 saturated carbocycles. The van der Waals surface area contributed by atoms with Crippen molar-refractivity contribution in [3.8, 4) is 0 Å². The Kier molecular flexibility index (Phi) is 7.06. The quantitative estimate of drug-likeness (QED) is 0.546. The number of fused-ring (bicyclic) bond motifs is 2. The molecule has 0 saturated heterocycles. The van der Waals surface area contributed by atoms with Crippen molar-refractivity contribution in [2.75, 3.05) is 20.1 Å². The van der Waals surface area contributed by atoms with Crippen molar-refractivity contribution < 1.29 is 27.9 Å². The van der Waals surface area contributed by atoms with Gasteiger partial charge in [0.05, 0.1) is 5.69 Å². The molecule has 0 fully saturated rings. The lowest BCUT2D eigenvalue weighted by molar-refractivity contribution is -0.192. The molecule has 11 heteroatoms. The maximum Gasteiger partial charge on any atom is 0.490 e. The molecule has 1 unspecified atom stereocenters. The van der Waals surface area contributed by atoms with Crippen molar-refractivity contribution in [3.05, 3.63) is 73.4 Å². The highest BCUT2D eigenvalue weighted by Crippen LogP contribution is 2.36. The number of carbonyl (C=O) groups excluding carboxylic acids is 1. The zero-order chi connectivity index (χ0) is 24.5. The number of thiazole rings is 1. The second-order valence-electron chi connectivity index (χ2n) is 8.13. The molecule has 6 nitrogen and oxygen atoms in total. The number of hydrogen-bond acceptors (Lipinski definition) is 6. The predicted octanol–water partition coefficient (Wildman–Crippen LogP) is 4.61. The van der Waals surface area contributed by atoms with E-state index >= 15 is 0 Å². The van der Waals surface area contributed by atoms with E-state index in [4.69, 9.17) is 14.9 Å². The fourth-order valence-corrected chi connectivity index (χ4v) is 6.04. The van der Waals surface area contributed by atoms with Gasteiger partial charge < -0.3 is 14.9 Å². The Labute approximate surface area is 202 Å². The molecular weight excluding hydrogens is 487 g/mol. The summed E-state index contributed by atoms with van der Waals surface area (Å²) in [4.78, 5) is 33.7. The molecule has 3 aromatic rings. The SMILES string of the molecule is CN1CCc2nc(C(=O)N3Cc4ccccc4C(c4cccs4)C3)sc2C1.O=C(O)C(F)(F)F. The summed E-state index contributed by atoms with van der Waals surface area (Å²) in [5.74, 6) is -2.43. The van der Waals surface area contributed by atoms with Crippen LogP contribution in [-0.4, -0.2) is 58.1 Å². The van der Waals surface area contributed by atoms with Gasteiger partial charge in [-0.3, -0.25) is 4.79 Å². The van der Waals surface area contributed by atoms with E-state index in [-0.39, 0.29) is 11.8 Å². The highest BCUT2D eigenvalue weighted by atomic mass is 32.1. The lowest BCUT2D eigenvalue weighted by Crippen LogP contribution is -2.38. The molecule has 2 aliphatic rings. The van der Waals surface area contributed by atoms with E-state index in [9.17, 15) is 18.0 Å². The van der Waals surface area contributed by atoms with Crippen LogP contribution in [0.1, 0.15) is 42.3 Å².